The number of carboxylic acid groups (broad SMARTS) is 1. The second-order valence-corrected chi connectivity index (χ2v) is 5.68. The fourth-order valence-corrected chi connectivity index (χ4v) is 2.88. The summed E-state index contributed by atoms with van der Waals surface area (Å²) in [7, 11) is 1.57. The van der Waals surface area contributed by atoms with Gasteiger partial charge in [-0.15, -0.1) is 0 Å². The van der Waals surface area contributed by atoms with Crippen LogP contribution in [-0.2, 0) is 4.79 Å². The van der Waals surface area contributed by atoms with Crippen molar-refractivity contribution in [3.05, 3.63) is 29.8 Å². The van der Waals surface area contributed by atoms with Crippen LogP contribution in [0.4, 0.5) is 0 Å². The molecule has 1 aromatic carbocycles. The smallest absolute Gasteiger partial charge is 0.306 e. The maximum Gasteiger partial charge on any atom is 0.306 e. The molecule has 120 valence electrons. The number of hydrogen-bond donors (Lipinski definition) is 1. The normalized spacial score (nSPS) is 16.4. The lowest BCUT2D eigenvalue weighted by molar-refractivity contribution is -0.143. The van der Waals surface area contributed by atoms with Crippen LogP contribution in [0.1, 0.15) is 36.0 Å². The summed E-state index contributed by atoms with van der Waals surface area (Å²) in [5.41, 5.74) is 0.634. The van der Waals surface area contributed by atoms with Gasteiger partial charge in [-0.25, -0.2) is 0 Å². The zero-order valence-electron chi connectivity index (χ0n) is 13.0. The summed E-state index contributed by atoms with van der Waals surface area (Å²) in [6.07, 6.45) is 2.68. The molecular formula is C17H23NO4. The largest absolute Gasteiger partial charge is 0.496 e. The predicted molar refractivity (Wildman–Crippen MR) is 83.4 cm³/mol. The fourth-order valence-electron chi connectivity index (χ4n) is 2.88. The Kier molecular flexibility index (Phi) is 5.95. The van der Waals surface area contributed by atoms with E-state index in [2.05, 4.69) is 4.90 Å². The number of methoxy groups -OCH3 is 1. The molecule has 0 radical (unpaired) electrons. The van der Waals surface area contributed by atoms with Gasteiger partial charge in [0.1, 0.15) is 5.75 Å². The predicted octanol–water partition coefficient (Wildman–Crippen LogP) is 2.45. The van der Waals surface area contributed by atoms with E-state index in [1.165, 1.54) is 0 Å². The van der Waals surface area contributed by atoms with E-state index in [0.29, 0.717) is 30.6 Å². The summed E-state index contributed by atoms with van der Waals surface area (Å²) in [4.78, 5) is 25.4. The Morgan fingerprint density at radius 1 is 1.27 bits per heavy atom. The molecular weight excluding hydrogens is 282 g/mol. The molecule has 0 atom stereocenters. The van der Waals surface area contributed by atoms with E-state index < -0.39 is 5.97 Å². The molecule has 2 rings (SSSR count). The Balaban J connectivity index is 1.75. The Morgan fingerprint density at radius 2 is 1.95 bits per heavy atom. The van der Waals surface area contributed by atoms with Gasteiger partial charge in [0.2, 0.25) is 0 Å². The van der Waals surface area contributed by atoms with Crippen molar-refractivity contribution in [1.82, 2.24) is 4.90 Å². The first kappa shape index (κ1) is 16.5. The SMILES string of the molecule is COc1ccccc1C(=O)CCCN1CCC(C(=O)O)CC1. The number of likely N-dealkylation sites (tertiary alicyclic amines) is 1. The summed E-state index contributed by atoms with van der Waals surface area (Å²) >= 11 is 0. The van der Waals surface area contributed by atoms with E-state index in [-0.39, 0.29) is 11.7 Å². The number of hydrogen-bond acceptors (Lipinski definition) is 4. The fraction of sp³-hybridized carbons (Fsp3) is 0.529. The van der Waals surface area contributed by atoms with Gasteiger partial charge in [0.05, 0.1) is 18.6 Å². The summed E-state index contributed by atoms with van der Waals surface area (Å²) in [5.74, 6) is -0.176. The minimum atomic E-state index is -0.689. The number of rotatable bonds is 7. The van der Waals surface area contributed by atoms with Crippen molar-refractivity contribution < 1.29 is 19.4 Å². The average Bonchev–Trinajstić information content (AvgIpc) is 2.55. The minimum Gasteiger partial charge on any atom is -0.496 e. The molecule has 1 fully saturated rings. The van der Waals surface area contributed by atoms with E-state index in [4.69, 9.17) is 9.84 Å². The quantitative estimate of drug-likeness (QED) is 0.784. The van der Waals surface area contributed by atoms with Crippen molar-refractivity contribution in [2.24, 2.45) is 5.92 Å². The molecule has 1 aliphatic heterocycles. The van der Waals surface area contributed by atoms with Crippen LogP contribution in [0, 0.1) is 5.92 Å². The van der Waals surface area contributed by atoms with Crippen molar-refractivity contribution in [3.63, 3.8) is 0 Å². The van der Waals surface area contributed by atoms with Crippen molar-refractivity contribution in [2.45, 2.75) is 25.7 Å². The van der Waals surface area contributed by atoms with Gasteiger partial charge in [-0.1, -0.05) is 12.1 Å². The van der Waals surface area contributed by atoms with E-state index >= 15 is 0 Å². The monoisotopic (exact) mass is 305 g/mol. The molecule has 0 saturated carbocycles. The molecule has 1 N–H and O–H groups in total. The van der Waals surface area contributed by atoms with E-state index in [1.807, 2.05) is 12.1 Å². The number of ether oxygens (including phenoxy) is 1. The molecule has 1 aliphatic rings. The molecule has 0 amide bonds. The maximum atomic E-state index is 12.2. The molecule has 5 nitrogen and oxygen atoms in total. The summed E-state index contributed by atoms with van der Waals surface area (Å²) in [6, 6.07) is 7.28. The molecule has 22 heavy (non-hydrogen) atoms. The Morgan fingerprint density at radius 3 is 2.59 bits per heavy atom. The third kappa shape index (κ3) is 4.31. The third-order valence-electron chi connectivity index (χ3n) is 4.22. The van der Waals surface area contributed by atoms with E-state index in [0.717, 1.165) is 26.1 Å². The molecule has 1 saturated heterocycles. The summed E-state index contributed by atoms with van der Waals surface area (Å²) in [5, 5.41) is 8.97. The first-order valence-electron chi connectivity index (χ1n) is 7.73. The molecule has 1 aromatic rings. The molecule has 0 aromatic heterocycles. The van der Waals surface area contributed by atoms with Gasteiger partial charge < -0.3 is 14.7 Å². The highest BCUT2D eigenvalue weighted by Crippen LogP contribution is 2.21. The van der Waals surface area contributed by atoms with Crippen LogP contribution in [0.2, 0.25) is 0 Å². The molecule has 1 heterocycles. The third-order valence-corrected chi connectivity index (χ3v) is 4.22. The molecule has 0 bridgehead atoms. The van der Waals surface area contributed by atoms with Gasteiger partial charge in [-0.2, -0.15) is 0 Å². The Hall–Kier alpha value is -1.88. The lowest BCUT2D eigenvalue weighted by Crippen LogP contribution is -2.36. The highest BCUT2D eigenvalue weighted by Gasteiger charge is 2.24. The number of carbonyl (C=O) groups is 2. The van der Waals surface area contributed by atoms with Crippen LogP contribution in [0.25, 0.3) is 0 Å². The molecule has 0 aliphatic carbocycles. The summed E-state index contributed by atoms with van der Waals surface area (Å²) in [6.45, 7) is 2.45. The van der Waals surface area contributed by atoms with Crippen molar-refractivity contribution >= 4 is 11.8 Å². The van der Waals surface area contributed by atoms with E-state index in [1.54, 1.807) is 19.2 Å². The highest BCUT2D eigenvalue weighted by atomic mass is 16.5. The van der Waals surface area contributed by atoms with Crippen LogP contribution < -0.4 is 4.74 Å². The zero-order chi connectivity index (χ0) is 15.9. The number of carboxylic acids is 1. The number of ketones is 1. The summed E-state index contributed by atoms with van der Waals surface area (Å²) < 4.78 is 5.21. The van der Waals surface area contributed by atoms with Crippen LogP contribution in [-0.4, -0.2) is 48.5 Å². The second-order valence-electron chi connectivity index (χ2n) is 5.68. The van der Waals surface area contributed by atoms with Gasteiger partial charge in [0.25, 0.3) is 0 Å². The van der Waals surface area contributed by atoms with Crippen molar-refractivity contribution in [1.29, 1.82) is 0 Å². The highest BCUT2D eigenvalue weighted by molar-refractivity contribution is 5.98. The lowest BCUT2D eigenvalue weighted by Gasteiger charge is -2.29. The van der Waals surface area contributed by atoms with Crippen molar-refractivity contribution in [3.8, 4) is 5.75 Å². The number of Topliss-reactive ketones (excluding diaryl/α,β-unsaturated/α-hetero) is 1. The standard InChI is InChI=1S/C17H23NO4/c1-22-16-7-3-2-5-14(16)15(19)6-4-10-18-11-8-13(9-12-18)17(20)21/h2-3,5,7,13H,4,6,8-12H2,1H3,(H,20,21). The minimum absolute atomic E-state index is 0.0953. The lowest BCUT2D eigenvalue weighted by atomic mass is 9.97. The number of para-hydroxylation sites is 1. The van der Waals surface area contributed by atoms with Gasteiger partial charge in [-0.05, 0) is 51.0 Å². The Labute approximate surface area is 130 Å². The number of piperidine rings is 1. The first-order valence-corrected chi connectivity index (χ1v) is 7.73. The molecule has 0 unspecified atom stereocenters. The number of nitrogens with zero attached hydrogens (tertiary/aromatic N) is 1. The topological polar surface area (TPSA) is 66.8 Å². The number of benzene rings is 1. The van der Waals surface area contributed by atoms with E-state index in [9.17, 15) is 9.59 Å². The van der Waals surface area contributed by atoms with Crippen LogP contribution in [0.5, 0.6) is 5.75 Å². The number of carbonyl (C=O) groups excluding carboxylic acids is 1. The first-order chi connectivity index (χ1) is 10.6. The van der Waals surface area contributed by atoms with Crippen LogP contribution >= 0.6 is 0 Å². The van der Waals surface area contributed by atoms with Gasteiger partial charge in [0.15, 0.2) is 5.78 Å². The zero-order valence-corrected chi connectivity index (χ0v) is 13.0. The van der Waals surface area contributed by atoms with Gasteiger partial charge in [0, 0.05) is 6.42 Å². The van der Waals surface area contributed by atoms with Crippen molar-refractivity contribution in [2.75, 3.05) is 26.7 Å². The van der Waals surface area contributed by atoms with Crippen LogP contribution in [0.3, 0.4) is 0 Å². The molecule has 0 spiro atoms. The maximum absolute atomic E-state index is 12.2. The second kappa shape index (κ2) is 7.94. The number of aliphatic carboxylic acids is 1. The van der Waals surface area contributed by atoms with Gasteiger partial charge in [-0.3, -0.25) is 9.59 Å². The van der Waals surface area contributed by atoms with Gasteiger partial charge >= 0.3 is 5.97 Å². The Bertz CT molecular complexity index is 521. The van der Waals surface area contributed by atoms with Crippen LogP contribution in [0.15, 0.2) is 24.3 Å². The molecule has 5 heteroatoms. The average molecular weight is 305 g/mol.